The van der Waals surface area contributed by atoms with E-state index in [9.17, 15) is 10.1 Å². The lowest BCUT2D eigenvalue weighted by atomic mass is 9.94. The number of nitrogens with one attached hydrogen (secondary N) is 2. The van der Waals surface area contributed by atoms with Gasteiger partial charge in [0.2, 0.25) is 0 Å². The van der Waals surface area contributed by atoms with E-state index in [1.807, 2.05) is 12.1 Å². The van der Waals surface area contributed by atoms with Gasteiger partial charge in [0, 0.05) is 36.6 Å². The molecule has 110 valence electrons. The zero-order valence-electron chi connectivity index (χ0n) is 12.3. The molecule has 0 aliphatic carbocycles. The second-order valence-electron chi connectivity index (χ2n) is 5.21. The molecule has 1 aromatic carbocycles. The van der Waals surface area contributed by atoms with E-state index in [1.165, 1.54) is 5.56 Å². The van der Waals surface area contributed by atoms with Crippen molar-refractivity contribution in [2.75, 3.05) is 18.9 Å². The van der Waals surface area contributed by atoms with Gasteiger partial charge in [0.15, 0.2) is 0 Å². The monoisotopic (exact) mass is 292 g/mol. The molecule has 2 aromatic rings. The number of carbonyl (C=O) groups excluding carboxylic acids is 1. The molecule has 0 atom stereocenters. The number of aromatic nitrogens is 1. The lowest BCUT2D eigenvalue weighted by Gasteiger charge is -2.19. The van der Waals surface area contributed by atoms with Crippen molar-refractivity contribution in [3.63, 3.8) is 0 Å². The van der Waals surface area contributed by atoms with Gasteiger partial charge in [-0.1, -0.05) is 6.07 Å². The molecule has 22 heavy (non-hydrogen) atoms. The fourth-order valence-corrected chi connectivity index (χ4v) is 2.66. The Morgan fingerprint density at radius 3 is 2.95 bits per heavy atom. The lowest BCUT2D eigenvalue weighted by molar-refractivity contribution is 0.0958. The summed E-state index contributed by atoms with van der Waals surface area (Å²) in [7, 11) is 1.57. The topological polar surface area (TPSA) is 77.8 Å². The average molecular weight is 292 g/mol. The van der Waals surface area contributed by atoms with Crippen molar-refractivity contribution in [2.45, 2.75) is 12.8 Å². The lowest BCUT2D eigenvalue weighted by Crippen LogP contribution is -2.18. The summed E-state index contributed by atoms with van der Waals surface area (Å²) in [5.41, 5.74) is 4.95. The summed E-state index contributed by atoms with van der Waals surface area (Å²) in [6.07, 6.45) is 3.74. The molecule has 0 spiro atoms. The number of carbonyl (C=O) groups is 1. The van der Waals surface area contributed by atoms with E-state index in [2.05, 4.69) is 27.8 Å². The molecule has 0 unspecified atom stereocenters. The Hall–Kier alpha value is -2.87. The van der Waals surface area contributed by atoms with Gasteiger partial charge in [0.25, 0.3) is 5.91 Å². The second-order valence-corrected chi connectivity index (χ2v) is 5.21. The summed E-state index contributed by atoms with van der Waals surface area (Å²) >= 11 is 0. The van der Waals surface area contributed by atoms with E-state index < -0.39 is 0 Å². The first kappa shape index (κ1) is 14.1. The van der Waals surface area contributed by atoms with Gasteiger partial charge in [-0.2, -0.15) is 5.26 Å². The number of aryl methyl sites for hydroxylation is 1. The number of pyridine rings is 1. The highest BCUT2D eigenvalue weighted by atomic mass is 16.1. The third kappa shape index (κ3) is 2.51. The van der Waals surface area contributed by atoms with E-state index in [0.29, 0.717) is 11.3 Å². The normalized spacial score (nSPS) is 12.7. The number of fused-ring (bicyclic) bond motifs is 1. The number of hydrogen-bond donors (Lipinski definition) is 2. The third-order valence-corrected chi connectivity index (χ3v) is 3.84. The molecule has 5 nitrogen and oxygen atoms in total. The van der Waals surface area contributed by atoms with Gasteiger partial charge >= 0.3 is 0 Å². The summed E-state index contributed by atoms with van der Waals surface area (Å²) in [5, 5.41) is 15.3. The standard InChI is InChI=1S/C17H16N4O/c1-19-17(22)15-5-4-12(10-21-15)14-7-11-3-2-6-20-16(11)8-13(14)9-18/h4-5,7-8,10,20H,2-3,6H2,1H3,(H,19,22). The van der Waals surface area contributed by atoms with Gasteiger partial charge in [-0.25, -0.2) is 0 Å². The molecule has 2 heterocycles. The van der Waals surface area contributed by atoms with Crippen molar-refractivity contribution in [3.8, 4) is 17.2 Å². The molecule has 2 N–H and O–H groups in total. The minimum Gasteiger partial charge on any atom is -0.385 e. The number of rotatable bonds is 2. The first-order chi connectivity index (χ1) is 10.7. The first-order valence-electron chi connectivity index (χ1n) is 7.22. The number of benzene rings is 1. The number of amides is 1. The maximum atomic E-state index is 11.5. The number of hydrogen-bond acceptors (Lipinski definition) is 4. The smallest absolute Gasteiger partial charge is 0.269 e. The van der Waals surface area contributed by atoms with Crippen LogP contribution in [0.3, 0.4) is 0 Å². The van der Waals surface area contributed by atoms with E-state index in [1.54, 1.807) is 19.3 Å². The van der Waals surface area contributed by atoms with Crippen LogP contribution in [-0.2, 0) is 6.42 Å². The first-order valence-corrected chi connectivity index (χ1v) is 7.22. The van der Waals surface area contributed by atoms with Crippen molar-refractivity contribution < 1.29 is 4.79 Å². The Morgan fingerprint density at radius 1 is 1.41 bits per heavy atom. The highest BCUT2D eigenvalue weighted by Crippen LogP contribution is 2.31. The molecule has 0 bridgehead atoms. The molecule has 1 aromatic heterocycles. The van der Waals surface area contributed by atoms with Crippen LogP contribution in [0.15, 0.2) is 30.5 Å². The van der Waals surface area contributed by atoms with Crippen LogP contribution in [-0.4, -0.2) is 24.5 Å². The van der Waals surface area contributed by atoms with Gasteiger partial charge in [-0.15, -0.1) is 0 Å². The molecular formula is C17H16N4O. The van der Waals surface area contributed by atoms with Crippen LogP contribution in [0.5, 0.6) is 0 Å². The Morgan fingerprint density at radius 2 is 2.27 bits per heavy atom. The van der Waals surface area contributed by atoms with E-state index in [4.69, 9.17) is 0 Å². The Labute approximate surface area is 129 Å². The zero-order valence-corrected chi connectivity index (χ0v) is 12.3. The minimum absolute atomic E-state index is 0.221. The largest absolute Gasteiger partial charge is 0.385 e. The maximum absolute atomic E-state index is 11.5. The molecular weight excluding hydrogens is 276 g/mol. The number of anilines is 1. The molecule has 5 heteroatoms. The maximum Gasteiger partial charge on any atom is 0.269 e. The Bertz CT molecular complexity index is 759. The van der Waals surface area contributed by atoms with Crippen molar-refractivity contribution >= 4 is 11.6 Å². The summed E-state index contributed by atoms with van der Waals surface area (Å²) in [6, 6.07) is 9.70. The van der Waals surface area contributed by atoms with Crippen LogP contribution in [0, 0.1) is 11.3 Å². The van der Waals surface area contributed by atoms with Crippen molar-refractivity contribution in [2.24, 2.45) is 0 Å². The molecule has 0 fully saturated rings. The molecule has 1 amide bonds. The predicted molar refractivity (Wildman–Crippen MR) is 84.6 cm³/mol. The number of nitriles is 1. The predicted octanol–water partition coefficient (Wildman–Crippen LogP) is 2.34. The minimum atomic E-state index is -0.221. The van der Waals surface area contributed by atoms with Gasteiger partial charge in [-0.3, -0.25) is 9.78 Å². The van der Waals surface area contributed by atoms with Gasteiger partial charge in [0.1, 0.15) is 5.69 Å². The van der Waals surface area contributed by atoms with Crippen LogP contribution in [0.2, 0.25) is 0 Å². The molecule has 3 rings (SSSR count). The van der Waals surface area contributed by atoms with Gasteiger partial charge < -0.3 is 10.6 Å². The number of nitrogens with zero attached hydrogens (tertiary/aromatic N) is 2. The van der Waals surface area contributed by atoms with Crippen LogP contribution < -0.4 is 10.6 Å². The second kappa shape index (κ2) is 5.86. The highest BCUT2D eigenvalue weighted by molar-refractivity contribution is 5.92. The molecule has 1 aliphatic heterocycles. The molecule has 1 aliphatic rings. The van der Waals surface area contributed by atoms with Crippen LogP contribution >= 0.6 is 0 Å². The SMILES string of the molecule is CNC(=O)c1ccc(-c2cc3c(cc2C#N)NCCC3)cn1. The summed E-state index contributed by atoms with van der Waals surface area (Å²) in [5.74, 6) is -0.221. The fourth-order valence-electron chi connectivity index (χ4n) is 2.66. The third-order valence-electron chi connectivity index (χ3n) is 3.84. The van der Waals surface area contributed by atoms with Crippen LogP contribution in [0.1, 0.15) is 28.0 Å². The van der Waals surface area contributed by atoms with Crippen molar-refractivity contribution in [1.82, 2.24) is 10.3 Å². The molecule has 0 radical (unpaired) electrons. The van der Waals surface area contributed by atoms with Crippen molar-refractivity contribution in [1.29, 1.82) is 5.26 Å². The fraction of sp³-hybridized carbons (Fsp3) is 0.235. The van der Waals surface area contributed by atoms with E-state index >= 15 is 0 Å². The zero-order chi connectivity index (χ0) is 15.5. The molecule has 0 saturated heterocycles. The Balaban J connectivity index is 2.04. The Kier molecular flexibility index (Phi) is 3.75. The highest BCUT2D eigenvalue weighted by Gasteiger charge is 2.15. The quantitative estimate of drug-likeness (QED) is 0.890. The van der Waals surface area contributed by atoms with Gasteiger partial charge in [0.05, 0.1) is 11.6 Å². The van der Waals surface area contributed by atoms with E-state index in [0.717, 1.165) is 36.2 Å². The van der Waals surface area contributed by atoms with E-state index in [-0.39, 0.29) is 5.91 Å². The summed E-state index contributed by atoms with van der Waals surface area (Å²) in [4.78, 5) is 15.7. The average Bonchev–Trinajstić information content (AvgIpc) is 2.60. The van der Waals surface area contributed by atoms with Crippen LogP contribution in [0.4, 0.5) is 5.69 Å². The summed E-state index contributed by atoms with van der Waals surface area (Å²) < 4.78 is 0. The van der Waals surface area contributed by atoms with Gasteiger partial charge in [-0.05, 0) is 36.6 Å². The summed E-state index contributed by atoms with van der Waals surface area (Å²) in [6.45, 7) is 0.944. The molecule has 0 saturated carbocycles. The van der Waals surface area contributed by atoms with Crippen LogP contribution in [0.25, 0.3) is 11.1 Å². The van der Waals surface area contributed by atoms with Crippen molar-refractivity contribution in [3.05, 3.63) is 47.3 Å².